The zero-order valence-corrected chi connectivity index (χ0v) is 24.2. The average Bonchev–Trinajstić information content (AvgIpc) is 3.63. The molecule has 0 radical (unpaired) electrons. The Morgan fingerprint density at radius 3 is 2.51 bits per heavy atom. The van der Waals surface area contributed by atoms with E-state index in [-0.39, 0.29) is 12.1 Å². The quantitative estimate of drug-likeness (QED) is 0.498. The van der Waals surface area contributed by atoms with E-state index in [1.54, 1.807) is 21.8 Å². The SMILES string of the molecule is CC(C)N1CCNCC1.CN1CCN(C(=O)Nc2cnn3ccc(N4CCC[C@@H]4c4cc(F)ccc4F)nc23)CC1. The number of fused-ring (bicyclic) bond motifs is 1. The summed E-state index contributed by atoms with van der Waals surface area (Å²) in [7, 11) is 2.03. The number of nitrogens with one attached hydrogen (secondary N) is 2. The molecule has 5 heterocycles. The summed E-state index contributed by atoms with van der Waals surface area (Å²) in [6, 6.07) is 5.61. The van der Waals surface area contributed by atoms with Gasteiger partial charge < -0.3 is 25.3 Å². The average molecular weight is 570 g/mol. The maximum atomic E-state index is 14.4. The lowest BCUT2D eigenvalue weighted by Gasteiger charge is -2.32. The molecule has 3 aromatic rings. The topological polar surface area (TPSA) is 84.3 Å². The van der Waals surface area contributed by atoms with E-state index in [9.17, 15) is 13.6 Å². The molecular weight excluding hydrogens is 528 g/mol. The molecule has 3 aliphatic rings. The normalized spacial score (nSPS) is 20.4. The van der Waals surface area contributed by atoms with Gasteiger partial charge in [0.25, 0.3) is 0 Å². The number of nitrogens with zero attached hydrogens (tertiary/aromatic N) is 7. The number of benzene rings is 1. The van der Waals surface area contributed by atoms with Crippen LogP contribution in [-0.4, -0.2) is 107 Å². The van der Waals surface area contributed by atoms with Crippen molar-refractivity contribution >= 4 is 23.2 Å². The first-order valence-electron chi connectivity index (χ1n) is 14.6. The molecule has 41 heavy (non-hydrogen) atoms. The third kappa shape index (κ3) is 6.94. The lowest BCUT2D eigenvalue weighted by atomic mass is 10.0. The second-order valence-corrected chi connectivity index (χ2v) is 11.2. The van der Waals surface area contributed by atoms with Crippen LogP contribution < -0.4 is 15.5 Å². The molecule has 1 atom stereocenters. The Kier molecular flexibility index (Phi) is 9.31. The van der Waals surface area contributed by atoms with Gasteiger partial charge in [0, 0.05) is 76.7 Å². The van der Waals surface area contributed by atoms with Gasteiger partial charge in [-0.25, -0.2) is 23.1 Å². The lowest BCUT2D eigenvalue weighted by Crippen LogP contribution is -2.48. The monoisotopic (exact) mass is 569 g/mol. The molecule has 3 fully saturated rings. The van der Waals surface area contributed by atoms with Crippen molar-refractivity contribution in [2.75, 3.05) is 76.2 Å². The fourth-order valence-corrected chi connectivity index (χ4v) is 5.64. The summed E-state index contributed by atoms with van der Waals surface area (Å²) >= 11 is 0. The summed E-state index contributed by atoms with van der Waals surface area (Å²) < 4.78 is 29.8. The number of urea groups is 1. The molecule has 1 aromatic carbocycles. The molecule has 2 amide bonds. The zero-order valence-electron chi connectivity index (χ0n) is 24.2. The van der Waals surface area contributed by atoms with E-state index in [4.69, 9.17) is 4.98 Å². The van der Waals surface area contributed by atoms with Crippen molar-refractivity contribution < 1.29 is 13.6 Å². The Hall–Kier alpha value is -3.35. The Balaban J connectivity index is 0.000000321. The molecular formula is C29H41F2N9O. The summed E-state index contributed by atoms with van der Waals surface area (Å²) in [6.07, 6.45) is 4.90. The van der Waals surface area contributed by atoms with Crippen LogP contribution >= 0.6 is 0 Å². The third-order valence-electron chi connectivity index (χ3n) is 8.13. The van der Waals surface area contributed by atoms with Gasteiger partial charge in [0.2, 0.25) is 0 Å². The predicted molar refractivity (Wildman–Crippen MR) is 156 cm³/mol. The molecule has 0 unspecified atom stereocenters. The first-order valence-corrected chi connectivity index (χ1v) is 14.6. The Morgan fingerprint density at radius 2 is 1.80 bits per heavy atom. The number of amides is 2. The number of carbonyl (C=O) groups is 1. The highest BCUT2D eigenvalue weighted by Gasteiger charge is 2.30. The molecule has 6 rings (SSSR count). The number of likely N-dealkylation sites (N-methyl/N-ethyl adjacent to an activating group) is 1. The van der Waals surface area contributed by atoms with Gasteiger partial charge in [0.1, 0.15) is 23.1 Å². The molecule has 222 valence electrons. The number of piperazine rings is 2. The third-order valence-corrected chi connectivity index (χ3v) is 8.13. The fraction of sp³-hybridized carbons (Fsp3) is 0.552. The first-order chi connectivity index (χ1) is 19.8. The number of halogens is 2. The van der Waals surface area contributed by atoms with E-state index in [1.165, 1.54) is 25.2 Å². The van der Waals surface area contributed by atoms with Crippen molar-refractivity contribution in [2.24, 2.45) is 0 Å². The maximum absolute atomic E-state index is 14.4. The molecule has 12 heteroatoms. The minimum absolute atomic E-state index is 0.180. The van der Waals surface area contributed by atoms with Gasteiger partial charge in [-0.1, -0.05) is 0 Å². The zero-order chi connectivity index (χ0) is 28.9. The highest BCUT2D eigenvalue weighted by Crippen LogP contribution is 2.37. The molecule has 0 bridgehead atoms. The second-order valence-electron chi connectivity index (χ2n) is 11.2. The summed E-state index contributed by atoms with van der Waals surface area (Å²) in [4.78, 5) is 25.9. The van der Waals surface area contributed by atoms with Gasteiger partial charge in [0.15, 0.2) is 5.65 Å². The van der Waals surface area contributed by atoms with Gasteiger partial charge >= 0.3 is 6.03 Å². The van der Waals surface area contributed by atoms with Crippen molar-refractivity contribution in [3.8, 4) is 0 Å². The van der Waals surface area contributed by atoms with Crippen LogP contribution in [0.3, 0.4) is 0 Å². The van der Waals surface area contributed by atoms with Crippen molar-refractivity contribution in [1.29, 1.82) is 0 Å². The minimum Gasteiger partial charge on any atom is -0.349 e. The van der Waals surface area contributed by atoms with E-state index in [0.717, 1.165) is 44.7 Å². The highest BCUT2D eigenvalue weighted by atomic mass is 19.1. The Labute approximate surface area is 240 Å². The molecule has 0 saturated carbocycles. The maximum Gasteiger partial charge on any atom is 0.322 e. The largest absolute Gasteiger partial charge is 0.349 e. The van der Waals surface area contributed by atoms with Gasteiger partial charge in [-0.15, -0.1) is 0 Å². The summed E-state index contributed by atoms with van der Waals surface area (Å²) in [5.74, 6) is -0.241. The molecule has 0 spiro atoms. The van der Waals surface area contributed by atoms with Crippen molar-refractivity contribution in [3.05, 3.63) is 53.9 Å². The Morgan fingerprint density at radius 1 is 1.05 bits per heavy atom. The lowest BCUT2D eigenvalue weighted by molar-refractivity contribution is 0.164. The van der Waals surface area contributed by atoms with Gasteiger partial charge in [-0.3, -0.25) is 4.90 Å². The van der Waals surface area contributed by atoms with Crippen LogP contribution in [0.5, 0.6) is 0 Å². The first kappa shape index (κ1) is 29.2. The van der Waals surface area contributed by atoms with E-state index in [0.29, 0.717) is 48.8 Å². The van der Waals surface area contributed by atoms with Gasteiger partial charge in [-0.05, 0) is 58.0 Å². The van der Waals surface area contributed by atoms with Crippen LogP contribution in [-0.2, 0) is 0 Å². The molecule has 0 aliphatic carbocycles. The van der Waals surface area contributed by atoms with Crippen molar-refractivity contribution in [1.82, 2.24) is 34.6 Å². The second kappa shape index (κ2) is 13.1. The van der Waals surface area contributed by atoms with Gasteiger partial charge in [-0.2, -0.15) is 5.10 Å². The van der Waals surface area contributed by atoms with Crippen LogP contribution in [0.1, 0.15) is 38.3 Å². The van der Waals surface area contributed by atoms with Crippen LogP contribution in [0.25, 0.3) is 5.65 Å². The summed E-state index contributed by atoms with van der Waals surface area (Å²) in [5, 5.41) is 10.5. The van der Waals surface area contributed by atoms with Crippen LogP contribution in [0.4, 0.5) is 25.1 Å². The highest BCUT2D eigenvalue weighted by molar-refractivity contribution is 5.93. The van der Waals surface area contributed by atoms with Crippen LogP contribution in [0, 0.1) is 11.6 Å². The van der Waals surface area contributed by atoms with Crippen molar-refractivity contribution in [3.63, 3.8) is 0 Å². The molecule has 3 aliphatic heterocycles. The number of hydrogen-bond acceptors (Lipinski definition) is 7. The smallest absolute Gasteiger partial charge is 0.322 e. The number of anilines is 2. The van der Waals surface area contributed by atoms with E-state index in [2.05, 4.69) is 39.4 Å². The Bertz CT molecular complexity index is 1320. The predicted octanol–water partition coefficient (Wildman–Crippen LogP) is 3.43. The number of hydrogen-bond donors (Lipinski definition) is 2. The number of carbonyl (C=O) groups excluding carboxylic acids is 1. The minimum atomic E-state index is -0.457. The summed E-state index contributed by atoms with van der Waals surface area (Å²) in [6.45, 7) is 12.9. The molecule has 10 nitrogen and oxygen atoms in total. The molecule has 2 aromatic heterocycles. The molecule has 3 saturated heterocycles. The number of aromatic nitrogens is 3. The van der Waals surface area contributed by atoms with Crippen molar-refractivity contribution in [2.45, 2.75) is 38.8 Å². The van der Waals surface area contributed by atoms with E-state index in [1.807, 2.05) is 18.0 Å². The standard InChI is InChI=1S/C22H25F2N7O.C7H16N2/c1-28-9-11-29(12-10-28)22(32)26-18-14-25-31-8-6-20(27-21(18)31)30-7-2-3-19(30)16-13-15(23)4-5-17(16)24;1-7(2)9-5-3-8-4-6-9/h4-6,8,13-14,19H,2-3,7,9-12H2,1H3,(H,26,32);7-8H,3-6H2,1-2H3/t19-;/m1./s1. The van der Waals surface area contributed by atoms with Gasteiger partial charge in [0.05, 0.1) is 12.2 Å². The number of rotatable bonds is 4. The van der Waals surface area contributed by atoms with E-state index < -0.39 is 11.6 Å². The molecule has 2 N–H and O–H groups in total. The summed E-state index contributed by atoms with van der Waals surface area (Å²) in [5.41, 5.74) is 1.36. The fourth-order valence-electron chi connectivity index (χ4n) is 5.64. The van der Waals surface area contributed by atoms with E-state index >= 15 is 0 Å². The van der Waals surface area contributed by atoms with Crippen LogP contribution in [0.2, 0.25) is 0 Å². The van der Waals surface area contributed by atoms with Crippen LogP contribution in [0.15, 0.2) is 36.7 Å².